The molecule has 34 heavy (non-hydrogen) atoms. The predicted octanol–water partition coefficient (Wildman–Crippen LogP) is 5.59. The highest BCUT2D eigenvalue weighted by Crippen LogP contribution is 2.48. The van der Waals surface area contributed by atoms with Gasteiger partial charge in [0.25, 0.3) is 11.2 Å². The lowest BCUT2D eigenvalue weighted by atomic mass is 9.78. The molecule has 0 N–H and O–H groups in total. The van der Waals surface area contributed by atoms with Crippen LogP contribution in [-0.4, -0.2) is 11.9 Å². The number of hydrogen-bond donors (Lipinski definition) is 0. The molecule has 4 nitrogen and oxygen atoms in total. The maximum absolute atomic E-state index is 14.2. The lowest BCUT2D eigenvalue weighted by Gasteiger charge is -2.45. The van der Waals surface area contributed by atoms with Crippen molar-refractivity contribution in [1.29, 1.82) is 0 Å². The average Bonchev–Trinajstić information content (AvgIpc) is 2.87. The van der Waals surface area contributed by atoms with Gasteiger partial charge in [-0.15, -0.1) is 0 Å². The van der Waals surface area contributed by atoms with Gasteiger partial charge in [-0.3, -0.25) is 0 Å². The van der Waals surface area contributed by atoms with E-state index in [-0.39, 0.29) is 0 Å². The highest BCUT2D eigenvalue weighted by molar-refractivity contribution is 5.99. The summed E-state index contributed by atoms with van der Waals surface area (Å²) in [6.07, 6.45) is 0. The molecule has 5 rings (SSSR count). The lowest BCUT2D eigenvalue weighted by Crippen LogP contribution is -2.58. The molecule has 1 fully saturated rings. The van der Waals surface area contributed by atoms with Crippen molar-refractivity contribution in [1.82, 2.24) is 0 Å². The van der Waals surface area contributed by atoms with Gasteiger partial charge in [-0.1, -0.05) is 109 Å². The minimum atomic E-state index is -1.72. The van der Waals surface area contributed by atoms with Gasteiger partial charge < -0.3 is 9.47 Å². The quantitative estimate of drug-likeness (QED) is 0.382. The van der Waals surface area contributed by atoms with E-state index in [1.165, 1.54) is 0 Å². The first-order valence-corrected chi connectivity index (χ1v) is 11.2. The van der Waals surface area contributed by atoms with Gasteiger partial charge in [0.2, 0.25) is 0 Å². The van der Waals surface area contributed by atoms with Crippen LogP contribution in [0, 0.1) is 13.8 Å². The third-order valence-electron chi connectivity index (χ3n) is 6.48. The molecule has 0 aliphatic carbocycles. The van der Waals surface area contributed by atoms with Crippen molar-refractivity contribution in [3.8, 4) is 0 Å². The second-order valence-electron chi connectivity index (χ2n) is 8.50. The molecular formula is C30H24O4. The van der Waals surface area contributed by atoms with Gasteiger partial charge in [-0.2, -0.15) is 0 Å². The van der Waals surface area contributed by atoms with Crippen molar-refractivity contribution in [3.05, 3.63) is 143 Å². The van der Waals surface area contributed by atoms with Crippen molar-refractivity contribution < 1.29 is 19.1 Å². The standard InChI is InChI=1S/C30H24O4/c1-21-13-9-11-19-25(21)29(23-15-5-3-6-16-23)27(31)34-30(28(32)33-29,24-17-7-4-8-18-24)26-20-12-10-14-22(26)2/h3-20H,1-2H3/t29-,30-/m1/s1. The number of carbonyl (C=O) groups excluding carboxylic acids is 2. The zero-order chi connectivity index (χ0) is 23.8. The number of cyclic esters (lactones) is 2. The summed E-state index contributed by atoms with van der Waals surface area (Å²) < 4.78 is 12.6. The van der Waals surface area contributed by atoms with E-state index >= 15 is 0 Å². The number of aryl methyl sites for hydroxylation is 2. The van der Waals surface area contributed by atoms with Crippen LogP contribution in [-0.2, 0) is 30.3 Å². The molecule has 1 saturated heterocycles. The van der Waals surface area contributed by atoms with Crippen molar-refractivity contribution >= 4 is 11.9 Å². The first-order valence-electron chi connectivity index (χ1n) is 11.2. The highest BCUT2D eigenvalue weighted by atomic mass is 16.7. The van der Waals surface area contributed by atoms with Crippen molar-refractivity contribution in [2.75, 3.05) is 0 Å². The molecule has 0 amide bonds. The normalized spacial score (nSPS) is 22.1. The summed E-state index contributed by atoms with van der Waals surface area (Å²) in [5.41, 5.74) is 0.425. The summed E-state index contributed by atoms with van der Waals surface area (Å²) in [5, 5.41) is 0. The van der Waals surface area contributed by atoms with Crippen molar-refractivity contribution in [2.45, 2.75) is 25.0 Å². The van der Waals surface area contributed by atoms with Gasteiger partial charge >= 0.3 is 11.9 Å². The minimum Gasteiger partial charge on any atom is -0.433 e. The molecule has 1 aliphatic rings. The summed E-state index contributed by atoms with van der Waals surface area (Å²) in [7, 11) is 0. The Morgan fingerprint density at radius 2 is 0.794 bits per heavy atom. The number of ether oxygens (including phenoxy) is 2. The summed E-state index contributed by atoms with van der Waals surface area (Å²) >= 11 is 0. The average molecular weight is 449 g/mol. The number of benzene rings is 4. The molecule has 4 heteroatoms. The van der Waals surface area contributed by atoms with E-state index in [1.54, 1.807) is 36.4 Å². The van der Waals surface area contributed by atoms with Crippen LogP contribution in [0.2, 0.25) is 0 Å². The van der Waals surface area contributed by atoms with Gasteiger partial charge in [0.05, 0.1) is 0 Å². The Bertz CT molecular complexity index is 1260. The molecule has 4 aromatic rings. The van der Waals surface area contributed by atoms with Crippen LogP contribution in [0.1, 0.15) is 33.4 Å². The molecule has 0 aromatic heterocycles. The molecule has 168 valence electrons. The Morgan fingerprint density at radius 1 is 0.471 bits per heavy atom. The van der Waals surface area contributed by atoms with E-state index in [1.807, 2.05) is 86.6 Å². The van der Waals surface area contributed by atoms with Gasteiger partial charge in [-0.05, 0) is 25.0 Å². The Hall–Kier alpha value is -4.18. The van der Waals surface area contributed by atoms with E-state index in [9.17, 15) is 9.59 Å². The fourth-order valence-corrected chi connectivity index (χ4v) is 4.78. The Kier molecular flexibility index (Phi) is 5.29. The number of esters is 2. The summed E-state index contributed by atoms with van der Waals surface area (Å²) in [4.78, 5) is 28.4. The number of rotatable bonds is 4. The summed E-state index contributed by atoms with van der Waals surface area (Å²) in [6, 6.07) is 32.9. The van der Waals surface area contributed by atoms with Crippen LogP contribution >= 0.6 is 0 Å². The highest BCUT2D eigenvalue weighted by Gasteiger charge is 2.62. The van der Waals surface area contributed by atoms with Crippen molar-refractivity contribution in [3.63, 3.8) is 0 Å². The molecule has 0 spiro atoms. The fraction of sp³-hybridized carbons (Fsp3) is 0.133. The van der Waals surface area contributed by atoms with E-state index in [4.69, 9.17) is 9.47 Å². The Labute approximate surface area is 198 Å². The monoisotopic (exact) mass is 448 g/mol. The first-order chi connectivity index (χ1) is 16.5. The van der Waals surface area contributed by atoms with Gasteiger partial charge in [0.15, 0.2) is 0 Å². The van der Waals surface area contributed by atoms with Gasteiger partial charge in [-0.25, -0.2) is 9.59 Å². The zero-order valence-electron chi connectivity index (χ0n) is 19.0. The van der Waals surface area contributed by atoms with Crippen LogP contribution in [0.4, 0.5) is 0 Å². The van der Waals surface area contributed by atoms with Crippen LogP contribution in [0.3, 0.4) is 0 Å². The van der Waals surface area contributed by atoms with Crippen LogP contribution < -0.4 is 0 Å². The topological polar surface area (TPSA) is 52.6 Å². The van der Waals surface area contributed by atoms with Crippen molar-refractivity contribution in [2.24, 2.45) is 0 Å². The zero-order valence-corrected chi connectivity index (χ0v) is 19.0. The first kappa shape index (κ1) is 21.7. The SMILES string of the molecule is Cc1ccccc1[C@@]1(c2ccccc2)OC(=O)[C@@](c2ccccc2)(c2ccccc2C)OC1=O. The molecule has 0 saturated carbocycles. The Morgan fingerprint density at radius 3 is 1.15 bits per heavy atom. The fourth-order valence-electron chi connectivity index (χ4n) is 4.78. The summed E-state index contributed by atoms with van der Waals surface area (Å²) in [6.45, 7) is 3.78. The minimum absolute atomic E-state index is 0.536. The maximum Gasteiger partial charge on any atom is 0.362 e. The Balaban J connectivity index is 1.77. The molecule has 0 unspecified atom stereocenters. The molecule has 1 aliphatic heterocycles. The van der Waals surface area contributed by atoms with Crippen LogP contribution in [0.15, 0.2) is 109 Å². The second-order valence-corrected chi connectivity index (χ2v) is 8.50. The van der Waals surface area contributed by atoms with E-state index in [2.05, 4.69) is 0 Å². The molecule has 0 radical (unpaired) electrons. The van der Waals surface area contributed by atoms with Crippen LogP contribution in [0.5, 0.6) is 0 Å². The molecular weight excluding hydrogens is 424 g/mol. The van der Waals surface area contributed by atoms with Gasteiger partial charge in [0.1, 0.15) is 0 Å². The number of carbonyl (C=O) groups is 2. The van der Waals surface area contributed by atoms with E-state index in [0.29, 0.717) is 22.3 Å². The van der Waals surface area contributed by atoms with E-state index < -0.39 is 23.1 Å². The van der Waals surface area contributed by atoms with E-state index in [0.717, 1.165) is 11.1 Å². The van der Waals surface area contributed by atoms with Crippen LogP contribution in [0.25, 0.3) is 0 Å². The number of hydrogen-bond acceptors (Lipinski definition) is 4. The smallest absolute Gasteiger partial charge is 0.362 e. The maximum atomic E-state index is 14.2. The predicted molar refractivity (Wildman–Crippen MR) is 129 cm³/mol. The summed E-state index contributed by atoms with van der Waals surface area (Å²) in [5.74, 6) is -1.28. The molecule has 4 aromatic carbocycles. The molecule has 0 bridgehead atoms. The lowest BCUT2D eigenvalue weighted by molar-refractivity contribution is -0.220. The largest absolute Gasteiger partial charge is 0.433 e. The third-order valence-corrected chi connectivity index (χ3v) is 6.48. The van der Waals surface area contributed by atoms with Gasteiger partial charge in [0, 0.05) is 22.3 Å². The third kappa shape index (κ3) is 3.14. The molecule has 1 heterocycles. The molecule has 2 atom stereocenters. The second kappa shape index (κ2) is 8.31.